The van der Waals surface area contributed by atoms with Crippen molar-refractivity contribution >= 4 is 33.5 Å². The van der Waals surface area contributed by atoms with E-state index in [0.717, 1.165) is 0 Å². The molecule has 0 aliphatic carbocycles. The molecule has 2 aromatic carbocycles. The number of amides is 1. The van der Waals surface area contributed by atoms with Crippen molar-refractivity contribution in [3.05, 3.63) is 58.6 Å². The molecule has 0 saturated carbocycles. The summed E-state index contributed by atoms with van der Waals surface area (Å²) in [4.78, 5) is 24.1. The molecule has 1 aliphatic rings. The summed E-state index contributed by atoms with van der Waals surface area (Å²) in [7, 11) is -3.95. The number of nitrogens with zero attached hydrogens (tertiary/aromatic N) is 1. The number of hydrogen-bond acceptors (Lipinski definition) is 6. The maximum Gasteiger partial charge on any atom is 0.342 e. The normalized spacial score (nSPS) is 15.1. The van der Waals surface area contributed by atoms with Crippen molar-refractivity contribution in [1.29, 1.82) is 0 Å². The SMILES string of the molecule is O=C(OCCN1C(=O)c2ccccc2S1(=O)=O)c1cc(Cl)ccc1O. The Kier molecular flexibility index (Phi) is 4.40. The molecule has 1 aliphatic heterocycles. The topological polar surface area (TPSA) is 101 Å². The number of phenols is 1. The molecule has 1 heterocycles. The number of esters is 1. The molecule has 1 N–H and O–H groups in total. The molecule has 0 spiro atoms. The summed E-state index contributed by atoms with van der Waals surface area (Å²) in [5, 5.41) is 9.87. The van der Waals surface area contributed by atoms with Crippen LogP contribution in [0, 0.1) is 0 Å². The van der Waals surface area contributed by atoms with Crippen LogP contribution in [-0.4, -0.2) is 42.9 Å². The maximum absolute atomic E-state index is 12.3. The second-order valence-electron chi connectivity index (χ2n) is 5.18. The van der Waals surface area contributed by atoms with Crippen molar-refractivity contribution in [2.24, 2.45) is 0 Å². The van der Waals surface area contributed by atoms with E-state index in [1.165, 1.54) is 36.4 Å². The van der Waals surface area contributed by atoms with Crippen molar-refractivity contribution in [2.75, 3.05) is 13.2 Å². The van der Waals surface area contributed by atoms with Gasteiger partial charge in [-0.05, 0) is 30.3 Å². The number of fused-ring (bicyclic) bond motifs is 1. The molecular formula is C16H12ClNO6S. The number of carbonyl (C=O) groups is 2. The minimum absolute atomic E-state index is 0.0705. The molecule has 1 amide bonds. The fourth-order valence-corrected chi connectivity index (χ4v) is 4.15. The Balaban J connectivity index is 1.70. The van der Waals surface area contributed by atoms with Gasteiger partial charge in [-0.3, -0.25) is 4.79 Å². The summed E-state index contributed by atoms with van der Waals surface area (Å²) in [6, 6.07) is 9.73. The number of ether oxygens (including phenoxy) is 1. The summed E-state index contributed by atoms with van der Waals surface area (Å²) >= 11 is 5.76. The second kappa shape index (κ2) is 6.38. The zero-order chi connectivity index (χ0) is 18.2. The van der Waals surface area contributed by atoms with E-state index in [1.807, 2.05) is 0 Å². The monoisotopic (exact) mass is 381 g/mol. The van der Waals surface area contributed by atoms with Gasteiger partial charge in [-0.2, -0.15) is 0 Å². The predicted octanol–water partition coefficient (Wildman–Crippen LogP) is 2.05. The Hall–Kier alpha value is -2.58. The molecule has 7 nitrogen and oxygen atoms in total. The van der Waals surface area contributed by atoms with Crippen molar-refractivity contribution in [1.82, 2.24) is 4.31 Å². The summed E-state index contributed by atoms with van der Waals surface area (Å²) in [6.45, 7) is -0.688. The average molecular weight is 382 g/mol. The highest BCUT2D eigenvalue weighted by Gasteiger charge is 2.40. The third kappa shape index (κ3) is 3.06. The van der Waals surface area contributed by atoms with Gasteiger partial charge in [0.2, 0.25) is 0 Å². The summed E-state index contributed by atoms with van der Waals surface area (Å²) in [5.41, 5.74) is -0.0623. The van der Waals surface area contributed by atoms with Gasteiger partial charge >= 0.3 is 5.97 Å². The zero-order valence-corrected chi connectivity index (χ0v) is 14.2. The van der Waals surface area contributed by atoms with Gasteiger partial charge in [-0.15, -0.1) is 0 Å². The molecule has 0 saturated heterocycles. The molecule has 130 valence electrons. The van der Waals surface area contributed by atoms with Crippen molar-refractivity contribution in [2.45, 2.75) is 4.90 Å². The standard InChI is InChI=1S/C16H12ClNO6S/c17-10-5-6-13(19)12(9-10)16(21)24-8-7-18-15(20)11-3-1-2-4-14(11)25(18,22)23/h1-6,9,19H,7-8H2. The molecule has 0 atom stereocenters. The van der Waals surface area contributed by atoms with Crippen LogP contribution >= 0.6 is 11.6 Å². The predicted molar refractivity (Wildman–Crippen MR) is 88.1 cm³/mol. The summed E-state index contributed by atoms with van der Waals surface area (Å²) in [6.07, 6.45) is 0. The van der Waals surface area contributed by atoms with Crippen LogP contribution in [0.1, 0.15) is 20.7 Å². The van der Waals surface area contributed by atoms with E-state index < -0.39 is 21.9 Å². The van der Waals surface area contributed by atoms with Crippen molar-refractivity contribution < 1.29 is 27.9 Å². The highest BCUT2D eigenvalue weighted by atomic mass is 35.5. The third-order valence-corrected chi connectivity index (χ3v) is 5.69. The van der Waals surface area contributed by atoms with E-state index in [9.17, 15) is 23.1 Å². The smallest absolute Gasteiger partial charge is 0.342 e. The lowest BCUT2D eigenvalue weighted by atomic mass is 10.2. The number of sulfonamides is 1. The quantitative estimate of drug-likeness (QED) is 0.813. The summed E-state index contributed by atoms with van der Waals surface area (Å²) < 4.78 is 30.3. The summed E-state index contributed by atoms with van der Waals surface area (Å²) in [5.74, 6) is -1.86. The van der Waals surface area contributed by atoms with Gasteiger partial charge in [0, 0.05) is 5.02 Å². The molecule has 0 aromatic heterocycles. The van der Waals surface area contributed by atoms with Crippen LogP contribution in [0.25, 0.3) is 0 Å². The van der Waals surface area contributed by atoms with Crippen LogP contribution in [-0.2, 0) is 14.8 Å². The number of phenolic OH excluding ortho intramolecular Hbond substituents is 1. The Labute approximate surface area is 148 Å². The highest BCUT2D eigenvalue weighted by Crippen LogP contribution is 2.29. The first-order valence-corrected chi connectivity index (χ1v) is 8.96. The highest BCUT2D eigenvalue weighted by molar-refractivity contribution is 7.90. The first kappa shape index (κ1) is 17.2. The number of benzene rings is 2. The van der Waals surface area contributed by atoms with Gasteiger partial charge in [-0.1, -0.05) is 23.7 Å². The molecule has 0 radical (unpaired) electrons. The van der Waals surface area contributed by atoms with Crippen molar-refractivity contribution in [3.8, 4) is 5.75 Å². The number of halogens is 1. The Morgan fingerprint density at radius 3 is 2.64 bits per heavy atom. The zero-order valence-electron chi connectivity index (χ0n) is 12.7. The largest absolute Gasteiger partial charge is 0.507 e. The van der Waals surface area contributed by atoms with E-state index in [1.54, 1.807) is 6.07 Å². The first-order chi connectivity index (χ1) is 11.8. The molecule has 3 rings (SSSR count). The minimum atomic E-state index is -3.95. The van der Waals surface area contributed by atoms with Crippen molar-refractivity contribution in [3.63, 3.8) is 0 Å². The maximum atomic E-state index is 12.3. The first-order valence-electron chi connectivity index (χ1n) is 7.14. The second-order valence-corrected chi connectivity index (χ2v) is 7.44. The van der Waals surface area contributed by atoms with Crippen LogP contribution in [0.15, 0.2) is 47.4 Å². The molecule has 0 fully saturated rings. The van der Waals surface area contributed by atoms with Crippen LogP contribution in [0.3, 0.4) is 0 Å². The van der Waals surface area contributed by atoms with E-state index in [-0.39, 0.29) is 39.9 Å². The Bertz CT molecular complexity index is 972. The molecule has 25 heavy (non-hydrogen) atoms. The lowest BCUT2D eigenvalue weighted by molar-refractivity contribution is 0.0474. The number of hydrogen-bond donors (Lipinski definition) is 1. The van der Waals surface area contributed by atoms with Gasteiger partial charge in [0.15, 0.2) is 0 Å². The molecule has 9 heteroatoms. The van der Waals surface area contributed by atoms with Gasteiger partial charge < -0.3 is 9.84 Å². The fourth-order valence-electron chi connectivity index (χ4n) is 2.42. The van der Waals surface area contributed by atoms with Crippen LogP contribution in [0.4, 0.5) is 0 Å². The van der Waals surface area contributed by atoms with Crippen LogP contribution in [0.5, 0.6) is 5.75 Å². The van der Waals surface area contributed by atoms with Gasteiger partial charge in [0.1, 0.15) is 22.8 Å². The Morgan fingerprint density at radius 2 is 1.92 bits per heavy atom. The van der Waals surface area contributed by atoms with E-state index in [2.05, 4.69) is 0 Å². The average Bonchev–Trinajstić information content (AvgIpc) is 2.78. The fraction of sp³-hybridized carbons (Fsp3) is 0.125. The van der Waals surface area contributed by atoms with E-state index >= 15 is 0 Å². The number of carbonyl (C=O) groups excluding carboxylic acids is 2. The third-order valence-electron chi connectivity index (χ3n) is 3.62. The molecular weight excluding hydrogens is 370 g/mol. The lowest BCUT2D eigenvalue weighted by Crippen LogP contribution is -2.33. The molecule has 2 aromatic rings. The Morgan fingerprint density at radius 1 is 1.20 bits per heavy atom. The lowest BCUT2D eigenvalue weighted by Gasteiger charge is -2.15. The van der Waals surface area contributed by atoms with E-state index in [4.69, 9.17) is 16.3 Å². The number of rotatable bonds is 4. The van der Waals surface area contributed by atoms with Crippen LogP contribution in [0.2, 0.25) is 5.02 Å². The van der Waals surface area contributed by atoms with Gasteiger partial charge in [-0.25, -0.2) is 17.5 Å². The van der Waals surface area contributed by atoms with Gasteiger partial charge in [0.05, 0.1) is 12.1 Å². The van der Waals surface area contributed by atoms with E-state index in [0.29, 0.717) is 4.31 Å². The van der Waals surface area contributed by atoms with Crippen LogP contribution < -0.4 is 0 Å². The minimum Gasteiger partial charge on any atom is -0.507 e. The molecule has 0 unspecified atom stereocenters. The van der Waals surface area contributed by atoms with Gasteiger partial charge in [0.25, 0.3) is 15.9 Å². The number of aromatic hydroxyl groups is 1. The molecule has 0 bridgehead atoms.